The van der Waals surface area contributed by atoms with Crippen molar-refractivity contribution in [2.75, 3.05) is 0 Å². The third-order valence-corrected chi connectivity index (χ3v) is 1.17. The molecule has 0 fully saturated rings. The topological polar surface area (TPSA) is 0 Å². The number of hydrogen-bond donors (Lipinski definition) is 0. The second-order valence-electron chi connectivity index (χ2n) is 2.59. The van der Waals surface area contributed by atoms with Gasteiger partial charge in [-0.3, -0.25) is 0 Å². The molecule has 0 nitrogen and oxygen atoms in total. The van der Waals surface area contributed by atoms with E-state index in [4.69, 9.17) is 0 Å². The van der Waals surface area contributed by atoms with Crippen molar-refractivity contribution in [3.05, 3.63) is 36.5 Å². The molecule has 56 valence electrons. The van der Waals surface area contributed by atoms with Gasteiger partial charge >= 0.3 is 0 Å². The Morgan fingerprint density at radius 2 is 1.90 bits per heavy atom. The van der Waals surface area contributed by atoms with Crippen molar-refractivity contribution >= 4 is 0 Å². The molecule has 0 amide bonds. The van der Waals surface area contributed by atoms with Crippen LogP contribution < -0.4 is 0 Å². The van der Waals surface area contributed by atoms with Gasteiger partial charge in [0.25, 0.3) is 0 Å². The highest BCUT2D eigenvalue weighted by Gasteiger charge is 1.83. The lowest BCUT2D eigenvalue weighted by Crippen LogP contribution is -1.73. The number of rotatable bonds is 4. The van der Waals surface area contributed by atoms with Crippen molar-refractivity contribution < 1.29 is 0 Å². The van der Waals surface area contributed by atoms with Crippen molar-refractivity contribution in [3.8, 4) is 0 Å². The standard InChI is InChI=1S/C10H16/c1-5-6-10(4)8-7-9(2)3/h7-8H,2,4-6H2,1,3H3/b8-7-. The van der Waals surface area contributed by atoms with Crippen LogP contribution in [0.1, 0.15) is 26.7 Å². The first-order valence-electron chi connectivity index (χ1n) is 3.68. The second kappa shape index (κ2) is 5.04. The maximum absolute atomic E-state index is 3.89. The highest BCUT2D eigenvalue weighted by atomic mass is 13.9. The molecule has 0 atom stereocenters. The van der Waals surface area contributed by atoms with Gasteiger partial charge in [-0.25, -0.2) is 0 Å². The number of hydrogen-bond acceptors (Lipinski definition) is 0. The normalized spacial score (nSPS) is 10.2. The van der Waals surface area contributed by atoms with Crippen LogP contribution in [0.3, 0.4) is 0 Å². The van der Waals surface area contributed by atoms with E-state index in [1.165, 1.54) is 12.0 Å². The molecule has 0 bridgehead atoms. The summed E-state index contributed by atoms with van der Waals surface area (Å²) in [5, 5.41) is 0. The zero-order valence-electron chi connectivity index (χ0n) is 6.98. The Kier molecular flexibility index (Phi) is 4.65. The SMILES string of the molecule is C=C(C)/C=C\C(=C)CCC. The first kappa shape index (κ1) is 9.22. The molecule has 0 rings (SSSR count). The largest absolute Gasteiger partial charge is 0.0961 e. The summed E-state index contributed by atoms with van der Waals surface area (Å²) in [5.41, 5.74) is 2.27. The summed E-state index contributed by atoms with van der Waals surface area (Å²) in [6.07, 6.45) is 6.28. The summed E-state index contributed by atoms with van der Waals surface area (Å²) < 4.78 is 0. The predicted octanol–water partition coefficient (Wildman–Crippen LogP) is 3.48. The van der Waals surface area contributed by atoms with E-state index in [9.17, 15) is 0 Å². The van der Waals surface area contributed by atoms with E-state index in [1.54, 1.807) is 0 Å². The summed E-state index contributed by atoms with van der Waals surface area (Å²) in [5.74, 6) is 0. The molecule has 0 aliphatic heterocycles. The summed E-state index contributed by atoms with van der Waals surface area (Å²) in [6, 6.07) is 0. The van der Waals surface area contributed by atoms with Gasteiger partial charge in [0, 0.05) is 0 Å². The molecule has 0 aliphatic carbocycles. The smallest absolute Gasteiger partial charge is 0.0287 e. The molecule has 0 aromatic rings. The highest BCUT2D eigenvalue weighted by molar-refractivity contribution is 5.22. The fourth-order valence-electron chi connectivity index (χ4n) is 0.665. The van der Waals surface area contributed by atoms with Crippen LogP contribution in [0.15, 0.2) is 36.5 Å². The van der Waals surface area contributed by atoms with Crippen LogP contribution in [0.2, 0.25) is 0 Å². The van der Waals surface area contributed by atoms with Crippen LogP contribution in [-0.4, -0.2) is 0 Å². The Labute approximate surface area is 64.0 Å². The molecule has 0 unspecified atom stereocenters. The van der Waals surface area contributed by atoms with Crippen LogP contribution in [0, 0.1) is 0 Å². The summed E-state index contributed by atoms with van der Waals surface area (Å²) in [6.45, 7) is 11.8. The Hall–Kier alpha value is -0.780. The fraction of sp³-hybridized carbons (Fsp3) is 0.400. The van der Waals surface area contributed by atoms with Crippen LogP contribution in [0.25, 0.3) is 0 Å². The second-order valence-corrected chi connectivity index (χ2v) is 2.59. The molecule has 10 heavy (non-hydrogen) atoms. The molecule has 0 saturated carbocycles. The Balaban J connectivity index is 3.67. The minimum absolute atomic E-state index is 1.08. The zero-order chi connectivity index (χ0) is 7.98. The molecular weight excluding hydrogens is 120 g/mol. The number of allylic oxidation sites excluding steroid dienone is 4. The van der Waals surface area contributed by atoms with Crippen LogP contribution in [0.4, 0.5) is 0 Å². The van der Waals surface area contributed by atoms with Gasteiger partial charge in [0.05, 0.1) is 0 Å². The lowest BCUT2D eigenvalue weighted by Gasteiger charge is -1.93. The summed E-state index contributed by atoms with van der Waals surface area (Å²) >= 11 is 0. The maximum Gasteiger partial charge on any atom is -0.0287 e. The molecule has 0 aliphatic rings. The van der Waals surface area contributed by atoms with Gasteiger partial charge in [-0.1, -0.05) is 49.8 Å². The van der Waals surface area contributed by atoms with Crippen molar-refractivity contribution in [3.63, 3.8) is 0 Å². The summed E-state index contributed by atoms with van der Waals surface area (Å²) in [4.78, 5) is 0. The van der Waals surface area contributed by atoms with Gasteiger partial charge in [0.2, 0.25) is 0 Å². The van der Waals surface area contributed by atoms with E-state index in [1.807, 2.05) is 19.1 Å². The van der Waals surface area contributed by atoms with Crippen molar-refractivity contribution in [1.82, 2.24) is 0 Å². The van der Waals surface area contributed by atoms with E-state index in [0.717, 1.165) is 12.0 Å². The van der Waals surface area contributed by atoms with Crippen LogP contribution in [-0.2, 0) is 0 Å². The first-order chi connectivity index (χ1) is 4.66. The van der Waals surface area contributed by atoms with Gasteiger partial charge in [-0.05, 0) is 13.3 Å². The van der Waals surface area contributed by atoms with Gasteiger partial charge in [0.1, 0.15) is 0 Å². The molecule has 0 aromatic carbocycles. The quantitative estimate of drug-likeness (QED) is 0.519. The third-order valence-electron chi connectivity index (χ3n) is 1.17. The van der Waals surface area contributed by atoms with Crippen molar-refractivity contribution in [1.29, 1.82) is 0 Å². The molecule has 0 heterocycles. The molecule has 0 saturated heterocycles. The first-order valence-corrected chi connectivity index (χ1v) is 3.68. The predicted molar refractivity (Wildman–Crippen MR) is 48.0 cm³/mol. The van der Waals surface area contributed by atoms with E-state index < -0.39 is 0 Å². The van der Waals surface area contributed by atoms with E-state index in [2.05, 4.69) is 20.1 Å². The minimum atomic E-state index is 1.08. The Morgan fingerprint density at radius 1 is 1.30 bits per heavy atom. The van der Waals surface area contributed by atoms with E-state index >= 15 is 0 Å². The van der Waals surface area contributed by atoms with E-state index in [0.29, 0.717) is 0 Å². The average molecular weight is 136 g/mol. The lowest BCUT2D eigenvalue weighted by molar-refractivity contribution is 0.929. The Morgan fingerprint density at radius 3 is 2.30 bits per heavy atom. The van der Waals surface area contributed by atoms with Gasteiger partial charge in [-0.15, -0.1) is 0 Å². The van der Waals surface area contributed by atoms with E-state index in [-0.39, 0.29) is 0 Å². The molecule has 0 radical (unpaired) electrons. The highest BCUT2D eigenvalue weighted by Crippen LogP contribution is 2.04. The van der Waals surface area contributed by atoms with Gasteiger partial charge in [-0.2, -0.15) is 0 Å². The molecule has 0 N–H and O–H groups in total. The third kappa shape index (κ3) is 5.36. The molecule has 0 heteroatoms. The summed E-state index contributed by atoms with van der Waals surface area (Å²) in [7, 11) is 0. The van der Waals surface area contributed by atoms with Crippen molar-refractivity contribution in [2.45, 2.75) is 26.7 Å². The molecular formula is C10H16. The van der Waals surface area contributed by atoms with Gasteiger partial charge in [0.15, 0.2) is 0 Å². The monoisotopic (exact) mass is 136 g/mol. The average Bonchev–Trinajstić information content (AvgIpc) is 1.85. The van der Waals surface area contributed by atoms with Gasteiger partial charge < -0.3 is 0 Å². The lowest BCUT2D eigenvalue weighted by atomic mass is 10.1. The van der Waals surface area contributed by atoms with Crippen molar-refractivity contribution in [2.24, 2.45) is 0 Å². The van der Waals surface area contributed by atoms with Crippen LogP contribution >= 0.6 is 0 Å². The van der Waals surface area contributed by atoms with Crippen LogP contribution in [0.5, 0.6) is 0 Å². The molecule has 0 spiro atoms. The molecule has 0 aromatic heterocycles. The maximum atomic E-state index is 3.89. The minimum Gasteiger partial charge on any atom is -0.0961 e. The fourth-order valence-corrected chi connectivity index (χ4v) is 0.665. The Bertz CT molecular complexity index is 149. The zero-order valence-corrected chi connectivity index (χ0v) is 6.98.